The van der Waals surface area contributed by atoms with Gasteiger partial charge in [-0.25, -0.2) is 4.98 Å². The van der Waals surface area contributed by atoms with Crippen LogP contribution in [0.4, 0.5) is 0 Å². The molecule has 19 heavy (non-hydrogen) atoms. The van der Waals surface area contributed by atoms with Gasteiger partial charge in [-0.1, -0.05) is 0 Å². The Bertz CT molecular complexity index is 733. The van der Waals surface area contributed by atoms with Gasteiger partial charge in [0.1, 0.15) is 10.9 Å². The Morgan fingerprint density at radius 2 is 2.21 bits per heavy atom. The van der Waals surface area contributed by atoms with Crippen LogP contribution in [0.25, 0.3) is 0 Å². The van der Waals surface area contributed by atoms with Gasteiger partial charge in [-0.3, -0.25) is 24.8 Å². The first-order valence-electron chi connectivity index (χ1n) is 5.13. The van der Waals surface area contributed by atoms with Crippen molar-refractivity contribution in [3.8, 4) is 0 Å². The normalized spacial score (nSPS) is 10.4. The Labute approximate surface area is 111 Å². The lowest BCUT2D eigenvalue weighted by Crippen LogP contribution is -2.33. The summed E-state index contributed by atoms with van der Waals surface area (Å²) in [6, 6.07) is 3.29. The number of amidine groups is 1. The maximum Gasteiger partial charge on any atom is 0.339 e. The standard InChI is InChI=1S/C10H10N6O2S/c1-16-10(14-8(17)9(18)15-16)19-6-3-2-5(4-13-6)7(11)12/h2-4H,1H3,(H3,11,12)(H,15,18). The van der Waals surface area contributed by atoms with Gasteiger partial charge >= 0.3 is 11.1 Å². The molecule has 2 heterocycles. The van der Waals surface area contributed by atoms with Crippen LogP contribution in [-0.2, 0) is 7.05 Å². The highest BCUT2D eigenvalue weighted by atomic mass is 32.2. The number of nitrogens with two attached hydrogens (primary N) is 1. The molecule has 2 aromatic rings. The highest BCUT2D eigenvalue weighted by Gasteiger charge is 2.07. The van der Waals surface area contributed by atoms with Gasteiger partial charge in [0.05, 0.1) is 0 Å². The molecular weight excluding hydrogens is 268 g/mol. The van der Waals surface area contributed by atoms with E-state index in [0.717, 1.165) is 11.8 Å². The molecule has 0 amide bonds. The van der Waals surface area contributed by atoms with E-state index in [9.17, 15) is 9.59 Å². The molecule has 0 aliphatic carbocycles. The van der Waals surface area contributed by atoms with Gasteiger partial charge in [-0.15, -0.1) is 0 Å². The molecule has 0 radical (unpaired) electrons. The maximum atomic E-state index is 11.2. The molecule has 2 aromatic heterocycles. The SMILES string of the molecule is Cn1[nH]c(=O)c(=O)nc1Sc1ccc(C(=N)N)cn1. The van der Waals surface area contributed by atoms with Crippen LogP contribution in [0.15, 0.2) is 38.1 Å². The zero-order valence-corrected chi connectivity index (χ0v) is 10.7. The van der Waals surface area contributed by atoms with Crippen molar-refractivity contribution in [3.05, 3.63) is 44.6 Å². The van der Waals surface area contributed by atoms with Gasteiger partial charge in [0.15, 0.2) is 5.16 Å². The lowest BCUT2D eigenvalue weighted by atomic mass is 10.3. The fourth-order valence-electron chi connectivity index (χ4n) is 1.25. The highest BCUT2D eigenvalue weighted by molar-refractivity contribution is 7.99. The first-order chi connectivity index (χ1) is 8.97. The fraction of sp³-hybridized carbons (Fsp3) is 0.100. The first kappa shape index (κ1) is 13.0. The van der Waals surface area contributed by atoms with Crippen molar-refractivity contribution in [2.24, 2.45) is 12.8 Å². The summed E-state index contributed by atoms with van der Waals surface area (Å²) < 4.78 is 1.34. The van der Waals surface area contributed by atoms with Gasteiger partial charge < -0.3 is 5.73 Å². The number of nitrogen functional groups attached to an aromatic ring is 1. The number of aromatic amines is 1. The van der Waals surface area contributed by atoms with Crippen molar-refractivity contribution in [2.75, 3.05) is 0 Å². The van der Waals surface area contributed by atoms with E-state index in [-0.39, 0.29) is 5.84 Å². The minimum Gasteiger partial charge on any atom is -0.384 e. The van der Waals surface area contributed by atoms with E-state index >= 15 is 0 Å². The minimum atomic E-state index is -0.846. The predicted molar refractivity (Wildman–Crippen MR) is 69.5 cm³/mol. The predicted octanol–water partition coefficient (Wildman–Crippen LogP) is -0.701. The van der Waals surface area contributed by atoms with E-state index < -0.39 is 11.1 Å². The number of nitrogens with one attached hydrogen (secondary N) is 2. The van der Waals surface area contributed by atoms with Gasteiger partial charge in [-0.2, -0.15) is 4.98 Å². The van der Waals surface area contributed by atoms with Crippen LogP contribution < -0.4 is 16.9 Å². The van der Waals surface area contributed by atoms with Crippen molar-refractivity contribution in [1.29, 1.82) is 5.41 Å². The summed E-state index contributed by atoms with van der Waals surface area (Å²) in [4.78, 5) is 30.0. The number of pyridine rings is 1. The smallest absolute Gasteiger partial charge is 0.339 e. The third-order valence-corrected chi connectivity index (χ3v) is 3.19. The summed E-state index contributed by atoms with van der Waals surface area (Å²) in [5.74, 6) is -0.0707. The van der Waals surface area contributed by atoms with Crippen LogP contribution in [0.5, 0.6) is 0 Å². The second-order valence-electron chi connectivity index (χ2n) is 3.60. The number of hydrogen-bond acceptors (Lipinski definition) is 6. The lowest BCUT2D eigenvalue weighted by molar-refractivity contribution is 0.596. The van der Waals surface area contributed by atoms with Gasteiger partial charge in [0.25, 0.3) is 0 Å². The third-order valence-electron chi connectivity index (χ3n) is 2.19. The average molecular weight is 278 g/mol. The summed E-state index contributed by atoms with van der Waals surface area (Å²) in [6.45, 7) is 0. The number of aromatic nitrogens is 4. The lowest BCUT2D eigenvalue weighted by Gasteiger charge is -2.05. The van der Waals surface area contributed by atoms with Crippen LogP contribution in [0.2, 0.25) is 0 Å². The van der Waals surface area contributed by atoms with Crippen molar-refractivity contribution in [3.63, 3.8) is 0 Å². The van der Waals surface area contributed by atoms with E-state index in [4.69, 9.17) is 11.1 Å². The molecule has 0 aliphatic heterocycles. The van der Waals surface area contributed by atoms with Crippen LogP contribution in [0.1, 0.15) is 5.56 Å². The monoisotopic (exact) mass is 278 g/mol. The van der Waals surface area contributed by atoms with E-state index in [1.54, 1.807) is 19.2 Å². The molecule has 0 aliphatic rings. The molecule has 0 bridgehead atoms. The zero-order valence-electron chi connectivity index (χ0n) is 9.88. The van der Waals surface area contributed by atoms with Crippen LogP contribution in [-0.4, -0.2) is 25.6 Å². The van der Waals surface area contributed by atoms with E-state index in [2.05, 4.69) is 15.1 Å². The van der Waals surface area contributed by atoms with Crippen LogP contribution in [0, 0.1) is 5.41 Å². The van der Waals surface area contributed by atoms with E-state index in [0.29, 0.717) is 15.7 Å². The van der Waals surface area contributed by atoms with Crippen molar-refractivity contribution in [2.45, 2.75) is 10.2 Å². The van der Waals surface area contributed by atoms with Crippen molar-refractivity contribution >= 4 is 17.6 Å². The number of hydrogen-bond donors (Lipinski definition) is 3. The van der Waals surface area contributed by atoms with E-state index in [1.807, 2.05) is 0 Å². The summed E-state index contributed by atoms with van der Waals surface area (Å²) in [6.07, 6.45) is 1.45. The molecule has 4 N–H and O–H groups in total. The molecule has 2 rings (SSSR count). The fourth-order valence-corrected chi connectivity index (χ4v) is 1.99. The van der Waals surface area contributed by atoms with Gasteiger partial charge in [-0.05, 0) is 23.9 Å². The summed E-state index contributed by atoms with van der Waals surface area (Å²) in [5.41, 5.74) is 4.21. The Morgan fingerprint density at radius 3 is 2.79 bits per heavy atom. The maximum absolute atomic E-state index is 11.2. The molecule has 9 heteroatoms. The molecule has 98 valence electrons. The van der Waals surface area contributed by atoms with Crippen LogP contribution in [0.3, 0.4) is 0 Å². The summed E-state index contributed by atoms with van der Waals surface area (Å²) in [5, 5.41) is 10.5. The number of aryl methyl sites for hydroxylation is 1. The molecule has 0 saturated heterocycles. The zero-order chi connectivity index (χ0) is 14.0. The average Bonchev–Trinajstić information content (AvgIpc) is 2.36. The molecule has 0 aromatic carbocycles. The largest absolute Gasteiger partial charge is 0.384 e. The van der Waals surface area contributed by atoms with Crippen molar-refractivity contribution in [1.82, 2.24) is 19.7 Å². The van der Waals surface area contributed by atoms with Gasteiger partial charge in [0.2, 0.25) is 0 Å². The molecule has 0 fully saturated rings. The Hall–Kier alpha value is -2.42. The van der Waals surface area contributed by atoms with Crippen LogP contribution >= 0.6 is 11.8 Å². The van der Waals surface area contributed by atoms with E-state index in [1.165, 1.54) is 10.9 Å². The second kappa shape index (κ2) is 5.06. The Kier molecular flexibility index (Phi) is 3.47. The molecular formula is C10H10N6O2S. The Balaban J connectivity index is 2.31. The Morgan fingerprint density at radius 1 is 1.47 bits per heavy atom. The molecule has 0 saturated carbocycles. The first-order valence-corrected chi connectivity index (χ1v) is 5.94. The molecule has 0 atom stereocenters. The quantitative estimate of drug-likeness (QED) is 0.386. The second-order valence-corrected chi connectivity index (χ2v) is 4.59. The summed E-state index contributed by atoms with van der Waals surface area (Å²) in [7, 11) is 1.57. The molecule has 8 nitrogen and oxygen atoms in total. The number of nitrogens with zero attached hydrogens (tertiary/aromatic N) is 3. The third kappa shape index (κ3) is 2.88. The molecule has 0 spiro atoms. The van der Waals surface area contributed by atoms with Crippen molar-refractivity contribution < 1.29 is 0 Å². The number of H-pyrrole nitrogens is 1. The topological polar surface area (TPSA) is 131 Å². The minimum absolute atomic E-state index is 0.0707. The van der Waals surface area contributed by atoms with Gasteiger partial charge in [0, 0.05) is 18.8 Å². The highest BCUT2D eigenvalue weighted by Crippen LogP contribution is 2.21. The summed E-state index contributed by atoms with van der Waals surface area (Å²) >= 11 is 1.12. The number of rotatable bonds is 3. The molecule has 0 unspecified atom stereocenters.